The summed E-state index contributed by atoms with van der Waals surface area (Å²) in [6, 6.07) is 11.9. The van der Waals surface area contributed by atoms with E-state index in [1.54, 1.807) is 0 Å². The van der Waals surface area contributed by atoms with Gasteiger partial charge in [-0.1, -0.05) is 18.2 Å². The molecule has 1 amide bonds. The number of halogens is 2. The number of rotatable bonds is 6. The molecule has 0 aliphatic carbocycles. The minimum Gasteiger partial charge on any atom is -0.370 e. The van der Waals surface area contributed by atoms with Crippen molar-refractivity contribution >= 4 is 36.4 Å². The maximum absolute atomic E-state index is 12.3. The number of carbonyl (C=O) groups is 1. The van der Waals surface area contributed by atoms with Crippen LogP contribution in [0.15, 0.2) is 30.3 Å². The summed E-state index contributed by atoms with van der Waals surface area (Å²) >= 11 is 0. The van der Waals surface area contributed by atoms with Gasteiger partial charge >= 0.3 is 0 Å². The number of nitrogens with one attached hydrogen (secondary N) is 2. The molecule has 2 aliphatic heterocycles. The van der Waals surface area contributed by atoms with E-state index < -0.39 is 0 Å². The molecule has 2 heterocycles. The van der Waals surface area contributed by atoms with E-state index in [1.165, 1.54) is 31.4 Å². The summed E-state index contributed by atoms with van der Waals surface area (Å²) in [4.78, 5) is 14.5. The Morgan fingerprint density at radius 1 is 1.20 bits per heavy atom. The zero-order chi connectivity index (χ0) is 16.2. The van der Waals surface area contributed by atoms with E-state index >= 15 is 0 Å². The summed E-state index contributed by atoms with van der Waals surface area (Å²) in [7, 11) is 2.08. The Kier molecular flexibility index (Phi) is 9.04. The summed E-state index contributed by atoms with van der Waals surface area (Å²) in [5.74, 6) is 0.778. The van der Waals surface area contributed by atoms with E-state index in [0.29, 0.717) is 31.0 Å². The van der Waals surface area contributed by atoms with E-state index in [1.807, 2.05) is 18.2 Å². The minimum atomic E-state index is 0. The van der Waals surface area contributed by atoms with E-state index in [4.69, 9.17) is 0 Å². The normalized spacial score (nSPS) is 25.3. The van der Waals surface area contributed by atoms with Gasteiger partial charge < -0.3 is 15.5 Å². The minimum absolute atomic E-state index is 0. The molecular weight excluding hydrogens is 357 g/mol. The highest BCUT2D eigenvalue weighted by molar-refractivity contribution is 5.85. The van der Waals surface area contributed by atoms with Crippen molar-refractivity contribution in [2.45, 2.75) is 57.2 Å². The molecule has 3 atom stereocenters. The van der Waals surface area contributed by atoms with Crippen LogP contribution >= 0.6 is 24.8 Å². The predicted molar refractivity (Wildman–Crippen MR) is 109 cm³/mol. The lowest BCUT2D eigenvalue weighted by Gasteiger charge is -2.30. The second-order valence-electron chi connectivity index (χ2n) is 7.28. The first-order chi connectivity index (χ1) is 11.1. The average molecular weight is 388 g/mol. The van der Waals surface area contributed by atoms with Gasteiger partial charge in [0.15, 0.2) is 0 Å². The van der Waals surface area contributed by atoms with Crippen LogP contribution < -0.4 is 15.5 Å². The molecule has 2 N–H and O–H groups in total. The number of para-hydroxylation sites is 1. The molecule has 4 nitrogen and oxygen atoms in total. The molecule has 0 spiro atoms. The van der Waals surface area contributed by atoms with Gasteiger partial charge in [-0.2, -0.15) is 0 Å². The molecule has 0 radical (unpaired) electrons. The third kappa shape index (κ3) is 6.05. The molecule has 142 valence electrons. The summed E-state index contributed by atoms with van der Waals surface area (Å²) in [6.45, 7) is 2.85. The van der Waals surface area contributed by atoms with Gasteiger partial charge in [0.2, 0.25) is 5.91 Å². The summed E-state index contributed by atoms with van der Waals surface area (Å²) in [6.07, 6.45) is 5.62. The molecule has 0 aromatic heterocycles. The van der Waals surface area contributed by atoms with Gasteiger partial charge in [-0.25, -0.2) is 0 Å². The van der Waals surface area contributed by atoms with Crippen molar-refractivity contribution in [3.63, 3.8) is 0 Å². The Hall–Kier alpha value is -0.970. The van der Waals surface area contributed by atoms with E-state index in [2.05, 4.69) is 41.6 Å². The third-order valence-electron chi connectivity index (χ3n) is 5.46. The fraction of sp³-hybridized carbons (Fsp3) is 0.632. The van der Waals surface area contributed by atoms with Gasteiger partial charge in [-0.3, -0.25) is 4.79 Å². The highest BCUT2D eigenvalue weighted by atomic mass is 35.5. The van der Waals surface area contributed by atoms with Crippen LogP contribution in [0, 0.1) is 5.92 Å². The Bertz CT molecular complexity index is 517. The quantitative estimate of drug-likeness (QED) is 0.785. The third-order valence-corrected chi connectivity index (χ3v) is 5.46. The topological polar surface area (TPSA) is 44.4 Å². The molecule has 3 unspecified atom stereocenters. The second kappa shape index (κ2) is 10.2. The van der Waals surface area contributed by atoms with Crippen molar-refractivity contribution in [3.05, 3.63) is 30.3 Å². The predicted octanol–water partition coefficient (Wildman–Crippen LogP) is 3.39. The molecule has 2 saturated heterocycles. The molecular formula is C19H31Cl2N3O. The molecule has 2 aliphatic rings. The maximum atomic E-state index is 12.3. The lowest BCUT2D eigenvalue weighted by molar-refractivity contribution is -0.122. The first-order valence-corrected chi connectivity index (χ1v) is 8.92. The zero-order valence-corrected chi connectivity index (χ0v) is 16.7. The van der Waals surface area contributed by atoms with Gasteiger partial charge in [-0.05, 0) is 50.7 Å². The first-order valence-electron chi connectivity index (χ1n) is 8.92. The standard InChI is InChI=1S/C19H29N3O.2ClH/c1-14(22(2)18-6-4-3-5-7-18)13-20-19(23)12-15-10-16-8-9-17(11-15)21-16;;/h3-7,14-17,21H,8-13H2,1-2H3,(H,20,23);2*1H. The lowest BCUT2D eigenvalue weighted by Crippen LogP contribution is -2.42. The highest BCUT2D eigenvalue weighted by Crippen LogP contribution is 2.32. The first kappa shape index (κ1) is 22.1. The number of benzene rings is 1. The van der Waals surface area contributed by atoms with Gasteiger partial charge in [-0.15, -0.1) is 24.8 Å². The Labute approximate surface area is 163 Å². The van der Waals surface area contributed by atoms with Crippen LogP contribution in [-0.2, 0) is 4.79 Å². The van der Waals surface area contributed by atoms with Crippen LogP contribution in [0.1, 0.15) is 39.0 Å². The number of hydrogen-bond donors (Lipinski definition) is 2. The largest absolute Gasteiger partial charge is 0.370 e. The monoisotopic (exact) mass is 387 g/mol. The zero-order valence-electron chi connectivity index (χ0n) is 15.1. The number of fused-ring (bicyclic) bond motifs is 2. The Balaban J connectivity index is 0.00000156. The van der Waals surface area contributed by atoms with Crippen molar-refractivity contribution in [2.75, 3.05) is 18.5 Å². The van der Waals surface area contributed by atoms with Gasteiger partial charge in [0, 0.05) is 43.8 Å². The molecule has 0 saturated carbocycles. The number of anilines is 1. The van der Waals surface area contributed by atoms with E-state index in [9.17, 15) is 4.79 Å². The Morgan fingerprint density at radius 2 is 1.80 bits per heavy atom. The molecule has 2 bridgehead atoms. The fourth-order valence-electron chi connectivity index (χ4n) is 3.99. The van der Waals surface area contributed by atoms with Gasteiger partial charge in [0.25, 0.3) is 0 Å². The molecule has 25 heavy (non-hydrogen) atoms. The van der Waals surface area contributed by atoms with Crippen LogP contribution in [0.4, 0.5) is 5.69 Å². The number of amides is 1. The van der Waals surface area contributed by atoms with Gasteiger partial charge in [0.1, 0.15) is 0 Å². The summed E-state index contributed by atoms with van der Waals surface area (Å²) in [5.41, 5.74) is 1.18. The van der Waals surface area contributed by atoms with E-state index in [-0.39, 0.29) is 36.8 Å². The van der Waals surface area contributed by atoms with Crippen LogP contribution in [0.3, 0.4) is 0 Å². The number of nitrogens with zero attached hydrogens (tertiary/aromatic N) is 1. The highest BCUT2D eigenvalue weighted by Gasteiger charge is 2.34. The summed E-state index contributed by atoms with van der Waals surface area (Å²) < 4.78 is 0. The number of carbonyl (C=O) groups excluding carboxylic acids is 1. The van der Waals surface area contributed by atoms with Crippen molar-refractivity contribution in [2.24, 2.45) is 5.92 Å². The smallest absolute Gasteiger partial charge is 0.220 e. The van der Waals surface area contributed by atoms with Crippen molar-refractivity contribution < 1.29 is 4.79 Å². The molecule has 3 rings (SSSR count). The van der Waals surface area contributed by atoms with Crippen LogP contribution in [0.2, 0.25) is 0 Å². The number of hydrogen-bond acceptors (Lipinski definition) is 3. The van der Waals surface area contributed by atoms with Crippen LogP contribution in [-0.4, -0.2) is 37.6 Å². The number of piperidine rings is 1. The van der Waals surface area contributed by atoms with Crippen molar-refractivity contribution in [3.8, 4) is 0 Å². The number of likely N-dealkylation sites (N-methyl/N-ethyl adjacent to an activating group) is 1. The van der Waals surface area contributed by atoms with Crippen molar-refractivity contribution in [1.29, 1.82) is 0 Å². The van der Waals surface area contributed by atoms with E-state index in [0.717, 1.165) is 0 Å². The van der Waals surface area contributed by atoms with Crippen LogP contribution in [0.25, 0.3) is 0 Å². The lowest BCUT2D eigenvalue weighted by atomic mass is 9.89. The second-order valence-corrected chi connectivity index (χ2v) is 7.28. The summed E-state index contributed by atoms with van der Waals surface area (Å²) in [5, 5.41) is 6.77. The SMILES string of the molecule is CC(CNC(=O)CC1CC2CCC(C1)N2)N(C)c1ccccc1.Cl.Cl. The molecule has 2 fully saturated rings. The molecule has 6 heteroatoms. The molecule has 1 aromatic carbocycles. The van der Waals surface area contributed by atoms with Crippen molar-refractivity contribution in [1.82, 2.24) is 10.6 Å². The Morgan fingerprint density at radius 3 is 2.40 bits per heavy atom. The average Bonchev–Trinajstić information content (AvgIpc) is 2.91. The van der Waals surface area contributed by atoms with Gasteiger partial charge in [0.05, 0.1) is 0 Å². The van der Waals surface area contributed by atoms with Crippen LogP contribution in [0.5, 0.6) is 0 Å². The molecule has 1 aromatic rings. The fourth-order valence-corrected chi connectivity index (χ4v) is 3.99. The maximum Gasteiger partial charge on any atom is 0.220 e.